The SMILES string of the molecule is COC(=O)CCCN(C)C(=O)c1cc(-c2ccncc2)nc2ccccc12. The van der Waals surface area contributed by atoms with E-state index in [-0.39, 0.29) is 18.3 Å². The van der Waals surface area contributed by atoms with Gasteiger partial charge in [0.25, 0.3) is 5.91 Å². The number of hydrogen-bond acceptors (Lipinski definition) is 5. The van der Waals surface area contributed by atoms with Gasteiger partial charge in [0.15, 0.2) is 0 Å². The Morgan fingerprint density at radius 3 is 2.59 bits per heavy atom. The van der Waals surface area contributed by atoms with Crippen molar-refractivity contribution in [3.8, 4) is 11.3 Å². The zero-order valence-corrected chi connectivity index (χ0v) is 15.4. The largest absolute Gasteiger partial charge is 0.469 e. The number of rotatable bonds is 6. The molecule has 2 heterocycles. The molecule has 0 spiro atoms. The number of carbonyl (C=O) groups excluding carboxylic acids is 2. The summed E-state index contributed by atoms with van der Waals surface area (Å²) in [6.45, 7) is 0.467. The van der Waals surface area contributed by atoms with Crippen molar-refractivity contribution in [2.75, 3.05) is 20.7 Å². The van der Waals surface area contributed by atoms with E-state index in [0.29, 0.717) is 18.5 Å². The molecule has 0 aliphatic rings. The number of ether oxygens (including phenoxy) is 1. The highest BCUT2D eigenvalue weighted by atomic mass is 16.5. The normalized spacial score (nSPS) is 10.6. The summed E-state index contributed by atoms with van der Waals surface area (Å²) in [4.78, 5) is 34.7. The smallest absolute Gasteiger partial charge is 0.305 e. The van der Waals surface area contributed by atoms with Crippen molar-refractivity contribution in [2.24, 2.45) is 0 Å². The molecule has 138 valence electrons. The highest BCUT2D eigenvalue weighted by Gasteiger charge is 2.17. The van der Waals surface area contributed by atoms with Crippen LogP contribution in [-0.4, -0.2) is 47.4 Å². The lowest BCUT2D eigenvalue weighted by Gasteiger charge is -2.18. The molecule has 0 atom stereocenters. The number of nitrogens with zero attached hydrogens (tertiary/aromatic N) is 3. The molecule has 0 saturated carbocycles. The summed E-state index contributed by atoms with van der Waals surface area (Å²) in [5.41, 5.74) is 2.98. The third-order valence-corrected chi connectivity index (χ3v) is 4.37. The summed E-state index contributed by atoms with van der Waals surface area (Å²) in [6, 6.07) is 13.1. The molecule has 3 aromatic rings. The van der Waals surface area contributed by atoms with Gasteiger partial charge < -0.3 is 9.64 Å². The molecule has 6 heteroatoms. The number of fused-ring (bicyclic) bond motifs is 1. The van der Waals surface area contributed by atoms with E-state index in [0.717, 1.165) is 22.2 Å². The first kappa shape index (κ1) is 18.5. The number of aromatic nitrogens is 2. The molecule has 0 fully saturated rings. The van der Waals surface area contributed by atoms with Crippen molar-refractivity contribution < 1.29 is 14.3 Å². The predicted molar refractivity (Wildman–Crippen MR) is 103 cm³/mol. The zero-order valence-electron chi connectivity index (χ0n) is 15.4. The number of pyridine rings is 2. The number of carbonyl (C=O) groups is 2. The molecule has 0 N–H and O–H groups in total. The van der Waals surface area contributed by atoms with Crippen LogP contribution in [0.4, 0.5) is 0 Å². The lowest BCUT2D eigenvalue weighted by molar-refractivity contribution is -0.140. The van der Waals surface area contributed by atoms with E-state index in [1.54, 1.807) is 24.3 Å². The first-order chi connectivity index (χ1) is 13.1. The quantitative estimate of drug-likeness (QED) is 0.628. The van der Waals surface area contributed by atoms with E-state index < -0.39 is 0 Å². The average Bonchev–Trinajstić information content (AvgIpc) is 2.72. The van der Waals surface area contributed by atoms with Gasteiger partial charge in [0.05, 0.1) is 23.9 Å². The van der Waals surface area contributed by atoms with Crippen LogP contribution in [0.1, 0.15) is 23.2 Å². The summed E-state index contributed by atoms with van der Waals surface area (Å²) in [7, 11) is 3.10. The number of amides is 1. The van der Waals surface area contributed by atoms with Gasteiger partial charge in [0, 0.05) is 43.4 Å². The molecule has 1 aromatic carbocycles. The third-order valence-electron chi connectivity index (χ3n) is 4.37. The minimum Gasteiger partial charge on any atom is -0.469 e. The van der Waals surface area contributed by atoms with E-state index in [1.165, 1.54) is 7.11 Å². The van der Waals surface area contributed by atoms with Crippen LogP contribution in [0, 0.1) is 0 Å². The minimum absolute atomic E-state index is 0.103. The number of esters is 1. The van der Waals surface area contributed by atoms with Gasteiger partial charge in [0.1, 0.15) is 0 Å². The van der Waals surface area contributed by atoms with Crippen molar-refractivity contribution in [3.05, 3.63) is 60.4 Å². The van der Waals surface area contributed by atoms with E-state index >= 15 is 0 Å². The molecular formula is C21H21N3O3. The minimum atomic E-state index is -0.273. The molecule has 6 nitrogen and oxygen atoms in total. The Kier molecular flexibility index (Phi) is 5.76. The van der Waals surface area contributed by atoms with Gasteiger partial charge in [0.2, 0.25) is 0 Å². The van der Waals surface area contributed by atoms with E-state index in [2.05, 4.69) is 14.7 Å². The van der Waals surface area contributed by atoms with Gasteiger partial charge >= 0.3 is 5.97 Å². The zero-order chi connectivity index (χ0) is 19.2. The number of para-hydroxylation sites is 1. The Morgan fingerprint density at radius 2 is 1.85 bits per heavy atom. The summed E-state index contributed by atoms with van der Waals surface area (Å²) >= 11 is 0. The van der Waals surface area contributed by atoms with Crippen molar-refractivity contribution in [1.82, 2.24) is 14.9 Å². The molecule has 27 heavy (non-hydrogen) atoms. The molecule has 2 aromatic heterocycles. The van der Waals surface area contributed by atoms with Crippen LogP contribution < -0.4 is 0 Å². The molecule has 0 aliphatic carbocycles. The highest BCUT2D eigenvalue weighted by Crippen LogP contribution is 2.25. The van der Waals surface area contributed by atoms with Crippen LogP contribution in [0.15, 0.2) is 54.9 Å². The summed E-state index contributed by atoms with van der Waals surface area (Å²) < 4.78 is 4.64. The van der Waals surface area contributed by atoms with Gasteiger partial charge in [-0.1, -0.05) is 18.2 Å². The second-order valence-electron chi connectivity index (χ2n) is 6.21. The van der Waals surface area contributed by atoms with Crippen LogP contribution >= 0.6 is 0 Å². The fraction of sp³-hybridized carbons (Fsp3) is 0.238. The molecule has 1 amide bonds. The third kappa shape index (κ3) is 4.28. The van der Waals surface area contributed by atoms with Crippen LogP contribution in [0.25, 0.3) is 22.2 Å². The molecule has 3 rings (SSSR count). The van der Waals surface area contributed by atoms with E-state index in [4.69, 9.17) is 0 Å². The van der Waals surface area contributed by atoms with Gasteiger partial charge in [-0.15, -0.1) is 0 Å². The topological polar surface area (TPSA) is 72.4 Å². The number of hydrogen-bond donors (Lipinski definition) is 0. The Bertz CT molecular complexity index is 957. The molecule has 0 aliphatic heterocycles. The maximum absolute atomic E-state index is 13.1. The van der Waals surface area contributed by atoms with Crippen molar-refractivity contribution in [3.63, 3.8) is 0 Å². The Hall–Kier alpha value is -3.28. The summed E-state index contributed by atoms with van der Waals surface area (Å²) in [6.07, 6.45) is 4.24. The molecular weight excluding hydrogens is 342 g/mol. The fourth-order valence-corrected chi connectivity index (χ4v) is 2.89. The first-order valence-corrected chi connectivity index (χ1v) is 8.72. The first-order valence-electron chi connectivity index (χ1n) is 8.72. The summed E-state index contributed by atoms with van der Waals surface area (Å²) in [5, 5.41) is 0.806. The monoisotopic (exact) mass is 363 g/mol. The maximum atomic E-state index is 13.1. The van der Waals surface area contributed by atoms with Gasteiger partial charge in [-0.3, -0.25) is 14.6 Å². The van der Waals surface area contributed by atoms with Crippen LogP contribution in [0.5, 0.6) is 0 Å². The summed E-state index contributed by atoms with van der Waals surface area (Å²) in [5.74, 6) is -0.376. The van der Waals surface area contributed by atoms with Gasteiger partial charge in [-0.2, -0.15) is 0 Å². The lowest BCUT2D eigenvalue weighted by atomic mass is 10.0. The van der Waals surface area contributed by atoms with E-state index in [9.17, 15) is 9.59 Å². The van der Waals surface area contributed by atoms with Crippen molar-refractivity contribution in [1.29, 1.82) is 0 Å². The molecule has 0 bridgehead atoms. The predicted octanol–water partition coefficient (Wildman–Crippen LogP) is 3.32. The Morgan fingerprint density at radius 1 is 1.11 bits per heavy atom. The highest BCUT2D eigenvalue weighted by molar-refractivity contribution is 6.07. The van der Waals surface area contributed by atoms with Crippen LogP contribution in [0.3, 0.4) is 0 Å². The van der Waals surface area contributed by atoms with Gasteiger partial charge in [-0.25, -0.2) is 4.98 Å². The molecule has 0 saturated heterocycles. The van der Waals surface area contributed by atoms with Gasteiger partial charge in [-0.05, 0) is 30.7 Å². The molecule has 0 unspecified atom stereocenters. The van der Waals surface area contributed by atoms with Crippen molar-refractivity contribution in [2.45, 2.75) is 12.8 Å². The van der Waals surface area contributed by atoms with Crippen LogP contribution in [0.2, 0.25) is 0 Å². The fourth-order valence-electron chi connectivity index (χ4n) is 2.89. The Balaban J connectivity index is 1.92. The van der Waals surface area contributed by atoms with Crippen molar-refractivity contribution >= 4 is 22.8 Å². The number of benzene rings is 1. The average molecular weight is 363 g/mol. The van der Waals surface area contributed by atoms with E-state index in [1.807, 2.05) is 42.5 Å². The Labute approximate surface area is 157 Å². The number of methoxy groups -OCH3 is 1. The second kappa shape index (κ2) is 8.40. The lowest BCUT2D eigenvalue weighted by Crippen LogP contribution is -2.28. The standard InChI is InChI=1S/C21H21N3O3/c1-24(13-5-8-20(25)27-2)21(26)17-14-19(15-9-11-22-12-10-15)23-18-7-4-3-6-16(17)18/h3-4,6-7,9-12,14H,5,8,13H2,1-2H3. The maximum Gasteiger partial charge on any atom is 0.305 e. The second-order valence-corrected chi connectivity index (χ2v) is 6.21. The molecule has 0 radical (unpaired) electrons. The van der Waals surface area contributed by atoms with Crippen LogP contribution in [-0.2, 0) is 9.53 Å².